The van der Waals surface area contributed by atoms with Crippen LogP contribution in [0.5, 0.6) is 0 Å². The number of nitrogens with two attached hydrogens (primary N) is 1. The molecule has 4 nitrogen and oxygen atoms in total. The van der Waals surface area contributed by atoms with Crippen molar-refractivity contribution in [3.8, 4) is 0 Å². The zero-order chi connectivity index (χ0) is 13.3. The molecule has 2 rings (SSSR count). The highest BCUT2D eigenvalue weighted by Gasteiger charge is 2.33. The second-order valence-electron chi connectivity index (χ2n) is 4.53. The summed E-state index contributed by atoms with van der Waals surface area (Å²) >= 11 is 6.26. The van der Waals surface area contributed by atoms with Gasteiger partial charge in [0.2, 0.25) is 10.0 Å². The predicted molar refractivity (Wildman–Crippen MR) is 77.3 cm³/mol. The van der Waals surface area contributed by atoms with E-state index in [0.29, 0.717) is 9.20 Å². The summed E-state index contributed by atoms with van der Waals surface area (Å²) in [5.41, 5.74) is 5.65. The molecule has 0 aromatic carbocycles. The molecule has 0 amide bonds. The summed E-state index contributed by atoms with van der Waals surface area (Å²) in [6, 6.07) is 3.28. The van der Waals surface area contributed by atoms with E-state index in [9.17, 15) is 8.42 Å². The summed E-state index contributed by atoms with van der Waals surface area (Å²) in [6.07, 6.45) is 2.62. The molecular weight excluding hydrogens is 288 g/mol. The normalized spacial score (nSPS) is 24.3. The first-order chi connectivity index (χ1) is 8.40. The van der Waals surface area contributed by atoms with Crippen LogP contribution in [0.25, 0.3) is 0 Å². The van der Waals surface area contributed by atoms with Crippen molar-refractivity contribution in [2.75, 3.05) is 0 Å². The highest BCUT2D eigenvalue weighted by molar-refractivity contribution is 7.91. The van der Waals surface area contributed by atoms with Gasteiger partial charge < -0.3 is 5.73 Å². The zero-order valence-corrected chi connectivity index (χ0v) is 12.5. The minimum Gasteiger partial charge on any atom is -0.393 e. The molecule has 1 aliphatic carbocycles. The summed E-state index contributed by atoms with van der Waals surface area (Å²) in [5, 5.41) is 0. The Morgan fingerprint density at radius 3 is 2.78 bits per heavy atom. The van der Waals surface area contributed by atoms with Crippen LogP contribution in [0.4, 0.5) is 0 Å². The molecule has 0 spiro atoms. The van der Waals surface area contributed by atoms with Crippen LogP contribution in [-0.4, -0.2) is 19.4 Å². The quantitative estimate of drug-likeness (QED) is 0.832. The van der Waals surface area contributed by atoms with E-state index in [0.717, 1.165) is 24.1 Å². The molecule has 1 heterocycles. The molecule has 1 fully saturated rings. The van der Waals surface area contributed by atoms with Gasteiger partial charge in [0.15, 0.2) is 0 Å². The van der Waals surface area contributed by atoms with Gasteiger partial charge in [0.25, 0.3) is 0 Å². The number of nitrogens with one attached hydrogen (secondary N) is 1. The van der Waals surface area contributed by atoms with E-state index in [1.165, 1.54) is 11.3 Å². The fraction of sp³-hybridized carbons (Fsp3) is 0.545. The molecule has 7 heteroatoms. The van der Waals surface area contributed by atoms with Gasteiger partial charge >= 0.3 is 0 Å². The van der Waals surface area contributed by atoms with Crippen molar-refractivity contribution in [3.63, 3.8) is 0 Å². The van der Waals surface area contributed by atoms with Crippen LogP contribution in [0, 0.1) is 12.8 Å². The van der Waals surface area contributed by atoms with Gasteiger partial charge in [0.05, 0.1) is 4.99 Å². The fourth-order valence-electron chi connectivity index (χ4n) is 2.26. The zero-order valence-electron chi connectivity index (χ0n) is 10.0. The van der Waals surface area contributed by atoms with Crippen molar-refractivity contribution in [2.24, 2.45) is 11.7 Å². The summed E-state index contributed by atoms with van der Waals surface area (Å²) in [4.78, 5) is 1.38. The summed E-state index contributed by atoms with van der Waals surface area (Å²) in [7, 11) is -3.44. The maximum absolute atomic E-state index is 12.2. The van der Waals surface area contributed by atoms with Crippen molar-refractivity contribution in [1.29, 1.82) is 0 Å². The molecule has 0 aliphatic heterocycles. The lowest BCUT2D eigenvalue weighted by molar-refractivity contribution is 0.526. The molecule has 1 saturated carbocycles. The average molecular weight is 304 g/mol. The molecule has 0 bridgehead atoms. The summed E-state index contributed by atoms with van der Waals surface area (Å²) in [5.74, 6) is -0.0177. The van der Waals surface area contributed by atoms with E-state index in [1.54, 1.807) is 12.1 Å². The third-order valence-electron chi connectivity index (χ3n) is 3.17. The van der Waals surface area contributed by atoms with Crippen LogP contribution in [0.1, 0.15) is 24.1 Å². The Balaban J connectivity index is 2.16. The van der Waals surface area contributed by atoms with Crippen molar-refractivity contribution < 1.29 is 8.42 Å². The lowest BCUT2D eigenvalue weighted by Gasteiger charge is -2.19. The van der Waals surface area contributed by atoms with E-state index in [4.69, 9.17) is 18.0 Å². The molecule has 0 saturated heterocycles. The minimum atomic E-state index is -3.44. The van der Waals surface area contributed by atoms with Gasteiger partial charge in [-0.1, -0.05) is 18.6 Å². The SMILES string of the molecule is Cc1ccc(S(=O)(=O)NC2CCCC2C(N)=S)s1. The number of hydrogen-bond donors (Lipinski definition) is 2. The molecule has 0 radical (unpaired) electrons. The predicted octanol–water partition coefficient (Wildman–Crippen LogP) is 1.79. The van der Waals surface area contributed by atoms with Crippen LogP contribution < -0.4 is 10.5 Å². The third kappa shape index (κ3) is 2.90. The standard InChI is InChI=1S/C11H16N2O2S3/c1-7-5-6-10(17-7)18(14,15)13-9-4-2-3-8(9)11(12)16/h5-6,8-9,13H,2-4H2,1H3,(H2,12,16). The second kappa shape index (κ2) is 5.24. The van der Waals surface area contributed by atoms with E-state index in [1.807, 2.05) is 6.92 Å². The molecule has 1 aliphatic rings. The Morgan fingerprint density at radius 1 is 1.50 bits per heavy atom. The van der Waals surface area contributed by atoms with E-state index < -0.39 is 10.0 Å². The Labute approximate surface area is 117 Å². The van der Waals surface area contributed by atoms with Crippen molar-refractivity contribution >= 4 is 38.6 Å². The first kappa shape index (κ1) is 13.9. The molecule has 1 aromatic rings. The van der Waals surface area contributed by atoms with Crippen LogP contribution in [-0.2, 0) is 10.0 Å². The summed E-state index contributed by atoms with van der Waals surface area (Å²) in [6.45, 7) is 1.89. The lowest BCUT2D eigenvalue weighted by atomic mass is 10.1. The van der Waals surface area contributed by atoms with Crippen molar-refractivity contribution in [1.82, 2.24) is 4.72 Å². The lowest BCUT2D eigenvalue weighted by Crippen LogP contribution is -2.41. The van der Waals surface area contributed by atoms with Crippen LogP contribution in [0.15, 0.2) is 16.3 Å². The average Bonchev–Trinajstić information content (AvgIpc) is 2.86. The van der Waals surface area contributed by atoms with E-state index in [2.05, 4.69) is 4.72 Å². The van der Waals surface area contributed by atoms with Crippen molar-refractivity contribution in [2.45, 2.75) is 36.4 Å². The van der Waals surface area contributed by atoms with Gasteiger partial charge in [-0.05, 0) is 31.9 Å². The van der Waals surface area contributed by atoms with E-state index in [-0.39, 0.29) is 12.0 Å². The maximum Gasteiger partial charge on any atom is 0.250 e. The Morgan fingerprint density at radius 2 is 2.22 bits per heavy atom. The number of hydrogen-bond acceptors (Lipinski definition) is 4. The molecular formula is C11H16N2O2S3. The molecule has 2 unspecified atom stereocenters. The highest BCUT2D eigenvalue weighted by atomic mass is 32.2. The fourth-order valence-corrected chi connectivity index (χ4v) is 5.15. The second-order valence-corrected chi connectivity index (χ2v) is 8.23. The van der Waals surface area contributed by atoms with Gasteiger partial charge in [-0.15, -0.1) is 11.3 Å². The smallest absolute Gasteiger partial charge is 0.250 e. The molecule has 18 heavy (non-hydrogen) atoms. The first-order valence-electron chi connectivity index (χ1n) is 5.78. The number of rotatable bonds is 4. The maximum atomic E-state index is 12.2. The van der Waals surface area contributed by atoms with E-state index >= 15 is 0 Å². The largest absolute Gasteiger partial charge is 0.393 e. The first-order valence-corrected chi connectivity index (χ1v) is 8.49. The number of aryl methyl sites for hydroxylation is 1. The number of thiocarbonyl (C=S) groups is 1. The van der Waals surface area contributed by atoms with Gasteiger partial charge in [0.1, 0.15) is 4.21 Å². The molecule has 2 atom stereocenters. The Kier molecular flexibility index (Phi) is 4.05. The minimum absolute atomic E-state index is 0.0177. The third-order valence-corrected chi connectivity index (χ3v) is 6.45. The molecule has 3 N–H and O–H groups in total. The number of sulfonamides is 1. The van der Waals surface area contributed by atoms with Gasteiger partial charge in [-0.25, -0.2) is 13.1 Å². The summed E-state index contributed by atoms with van der Waals surface area (Å²) < 4.78 is 27.5. The Hall–Kier alpha value is -0.500. The highest BCUT2D eigenvalue weighted by Crippen LogP contribution is 2.28. The monoisotopic (exact) mass is 304 g/mol. The molecule has 100 valence electrons. The van der Waals surface area contributed by atoms with Crippen LogP contribution in [0.2, 0.25) is 0 Å². The van der Waals surface area contributed by atoms with Gasteiger partial charge in [-0.2, -0.15) is 0 Å². The number of thiophene rings is 1. The topological polar surface area (TPSA) is 72.2 Å². The van der Waals surface area contributed by atoms with Crippen LogP contribution in [0.3, 0.4) is 0 Å². The Bertz CT molecular complexity index is 550. The van der Waals surface area contributed by atoms with Gasteiger partial charge in [0, 0.05) is 16.8 Å². The molecule has 1 aromatic heterocycles. The van der Waals surface area contributed by atoms with Crippen LogP contribution >= 0.6 is 23.6 Å². The van der Waals surface area contributed by atoms with Crippen molar-refractivity contribution in [3.05, 3.63) is 17.0 Å². The van der Waals surface area contributed by atoms with Gasteiger partial charge in [-0.3, -0.25) is 0 Å².